The zero-order valence-electron chi connectivity index (χ0n) is 9.72. The molecule has 0 saturated carbocycles. The van der Waals surface area contributed by atoms with Gasteiger partial charge >= 0.3 is 0 Å². The largest absolute Gasteiger partial charge is 0.497 e. The monoisotopic (exact) mass is 245 g/mol. The van der Waals surface area contributed by atoms with Crippen LogP contribution >= 0.6 is 11.8 Å². The lowest BCUT2D eigenvalue weighted by Gasteiger charge is -2.05. The number of benzene rings is 2. The second kappa shape index (κ2) is 5.64. The van der Waals surface area contributed by atoms with Crippen LogP contribution in [0.3, 0.4) is 0 Å². The van der Waals surface area contributed by atoms with Gasteiger partial charge in [-0.05, 0) is 35.9 Å². The molecule has 3 heteroatoms. The van der Waals surface area contributed by atoms with Crippen molar-refractivity contribution in [2.45, 2.75) is 10.6 Å². The highest BCUT2D eigenvalue weighted by Gasteiger charge is 1.98. The zero-order valence-corrected chi connectivity index (χ0v) is 10.5. The van der Waals surface area contributed by atoms with Crippen LogP contribution in [0.5, 0.6) is 5.75 Å². The summed E-state index contributed by atoms with van der Waals surface area (Å²) in [5, 5.41) is 0. The Bertz CT molecular complexity index is 499. The Morgan fingerprint density at radius 3 is 2.71 bits per heavy atom. The van der Waals surface area contributed by atoms with E-state index in [9.17, 15) is 0 Å². The molecule has 0 aliphatic heterocycles. The Balaban J connectivity index is 2.02. The molecule has 2 N–H and O–H groups in total. The van der Waals surface area contributed by atoms with Crippen LogP contribution in [0.2, 0.25) is 0 Å². The number of thioether (sulfide) groups is 1. The average molecular weight is 245 g/mol. The van der Waals surface area contributed by atoms with Gasteiger partial charge in [-0.1, -0.05) is 18.2 Å². The molecular weight excluding hydrogens is 230 g/mol. The fraction of sp³-hybridized carbons (Fsp3) is 0.143. The van der Waals surface area contributed by atoms with Crippen LogP contribution in [-0.2, 0) is 5.75 Å². The molecular formula is C14H15NOS. The Hall–Kier alpha value is -1.61. The Morgan fingerprint density at radius 2 is 1.94 bits per heavy atom. The molecule has 2 aromatic carbocycles. The van der Waals surface area contributed by atoms with Gasteiger partial charge in [-0.2, -0.15) is 0 Å². The van der Waals surface area contributed by atoms with E-state index in [1.807, 2.05) is 36.4 Å². The maximum atomic E-state index is 5.74. The molecule has 2 nitrogen and oxygen atoms in total. The molecule has 0 amide bonds. The zero-order chi connectivity index (χ0) is 12.1. The van der Waals surface area contributed by atoms with Crippen molar-refractivity contribution < 1.29 is 4.74 Å². The summed E-state index contributed by atoms with van der Waals surface area (Å²) in [5.74, 6) is 1.81. The average Bonchev–Trinajstić information content (AvgIpc) is 2.37. The van der Waals surface area contributed by atoms with E-state index >= 15 is 0 Å². The molecule has 88 valence electrons. The van der Waals surface area contributed by atoms with Crippen molar-refractivity contribution in [2.75, 3.05) is 12.8 Å². The summed E-state index contributed by atoms with van der Waals surface area (Å²) in [6.07, 6.45) is 0. The highest BCUT2D eigenvalue weighted by Crippen LogP contribution is 2.26. The third-order valence-electron chi connectivity index (χ3n) is 2.40. The molecule has 0 fully saturated rings. The topological polar surface area (TPSA) is 35.2 Å². The second-order valence-corrected chi connectivity index (χ2v) is 4.76. The van der Waals surface area contributed by atoms with Gasteiger partial charge in [0.1, 0.15) is 5.75 Å². The van der Waals surface area contributed by atoms with Crippen molar-refractivity contribution in [2.24, 2.45) is 0 Å². The van der Waals surface area contributed by atoms with Crippen molar-refractivity contribution in [3.8, 4) is 5.75 Å². The fourth-order valence-corrected chi connectivity index (χ4v) is 2.43. The van der Waals surface area contributed by atoms with Crippen LogP contribution in [0.1, 0.15) is 5.56 Å². The molecule has 0 unspecified atom stereocenters. The molecule has 2 rings (SSSR count). The maximum Gasteiger partial charge on any atom is 0.119 e. The van der Waals surface area contributed by atoms with Crippen molar-refractivity contribution in [3.05, 3.63) is 54.1 Å². The van der Waals surface area contributed by atoms with E-state index in [-0.39, 0.29) is 0 Å². The Labute approximate surface area is 106 Å². The molecule has 0 atom stereocenters. The number of ether oxygens (including phenoxy) is 1. The molecule has 0 bridgehead atoms. The van der Waals surface area contributed by atoms with Gasteiger partial charge < -0.3 is 10.5 Å². The highest BCUT2D eigenvalue weighted by molar-refractivity contribution is 7.98. The summed E-state index contributed by atoms with van der Waals surface area (Å²) < 4.78 is 5.19. The molecule has 17 heavy (non-hydrogen) atoms. The van der Waals surface area contributed by atoms with E-state index in [0.717, 1.165) is 17.2 Å². The molecule has 0 spiro atoms. The molecule has 0 radical (unpaired) electrons. The van der Waals surface area contributed by atoms with Crippen LogP contribution in [0.15, 0.2) is 53.4 Å². The summed E-state index contributed by atoms with van der Waals surface area (Å²) >= 11 is 1.78. The van der Waals surface area contributed by atoms with Gasteiger partial charge in [0, 0.05) is 16.3 Å². The van der Waals surface area contributed by atoms with Gasteiger partial charge in [0.2, 0.25) is 0 Å². The predicted octanol–water partition coefficient (Wildman–Crippen LogP) is 3.57. The second-order valence-electron chi connectivity index (χ2n) is 3.71. The first kappa shape index (κ1) is 11.9. The van der Waals surface area contributed by atoms with Crippen LogP contribution in [-0.4, -0.2) is 7.11 Å². The minimum atomic E-state index is 0.814. The first-order valence-electron chi connectivity index (χ1n) is 5.39. The van der Waals surface area contributed by atoms with Gasteiger partial charge in [0.05, 0.1) is 7.11 Å². The van der Waals surface area contributed by atoms with Crippen LogP contribution in [0.25, 0.3) is 0 Å². The number of anilines is 1. The standard InChI is InChI=1S/C14H15NOS/c1-16-13-6-3-7-14(9-13)17-10-11-4-2-5-12(15)8-11/h2-9H,10,15H2,1H3. The van der Waals surface area contributed by atoms with Crippen LogP contribution in [0.4, 0.5) is 5.69 Å². The van der Waals surface area contributed by atoms with E-state index in [0.29, 0.717) is 0 Å². The Kier molecular flexibility index (Phi) is 3.94. The summed E-state index contributed by atoms with van der Waals surface area (Å²) in [7, 11) is 1.68. The first-order valence-corrected chi connectivity index (χ1v) is 6.38. The van der Waals surface area contributed by atoms with E-state index in [1.54, 1.807) is 18.9 Å². The predicted molar refractivity (Wildman–Crippen MR) is 73.4 cm³/mol. The summed E-state index contributed by atoms with van der Waals surface area (Å²) in [6.45, 7) is 0. The summed E-state index contributed by atoms with van der Waals surface area (Å²) in [5.41, 5.74) is 7.79. The summed E-state index contributed by atoms with van der Waals surface area (Å²) in [6, 6.07) is 16.1. The quantitative estimate of drug-likeness (QED) is 0.660. The van der Waals surface area contributed by atoms with Crippen molar-refractivity contribution in [1.29, 1.82) is 0 Å². The van der Waals surface area contributed by atoms with Crippen molar-refractivity contribution in [1.82, 2.24) is 0 Å². The lowest BCUT2D eigenvalue weighted by Crippen LogP contribution is -1.87. The summed E-state index contributed by atoms with van der Waals surface area (Å²) in [4.78, 5) is 1.20. The van der Waals surface area contributed by atoms with E-state index in [1.165, 1.54) is 10.5 Å². The lowest BCUT2D eigenvalue weighted by atomic mass is 10.2. The molecule has 0 aromatic heterocycles. The lowest BCUT2D eigenvalue weighted by molar-refractivity contribution is 0.413. The van der Waals surface area contributed by atoms with Gasteiger partial charge in [0.25, 0.3) is 0 Å². The molecule has 0 aliphatic carbocycles. The van der Waals surface area contributed by atoms with Crippen LogP contribution < -0.4 is 10.5 Å². The molecule has 0 aliphatic rings. The van der Waals surface area contributed by atoms with Crippen LogP contribution in [0, 0.1) is 0 Å². The van der Waals surface area contributed by atoms with Gasteiger partial charge in [-0.25, -0.2) is 0 Å². The Morgan fingerprint density at radius 1 is 1.12 bits per heavy atom. The third-order valence-corrected chi connectivity index (χ3v) is 3.46. The number of hydrogen-bond acceptors (Lipinski definition) is 3. The minimum Gasteiger partial charge on any atom is -0.497 e. The molecule has 0 heterocycles. The van der Waals surface area contributed by atoms with Gasteiger partial charge in [-0.15, -0.1) is 11.8 Å². The first-order chi connectivity index (χ1) is 8.28. The SMILES string of the molecule is COc1cccc(SCc2cccc(N)c2)c1. The number of nitrogens with two attached hydrogens (primary N) is 1. The number of methoxy groups -OCH3 is 1. The van der Waals surface area contributed by atoms with E-state index in [2.05, 4.69) is 12.1 Å². The molecule has 2 aromatic rings. The third kappa shape index (κ3) is 3.43. The van der Waals surface area contributed by atoms with Gasteiger partial charge in [0.15, 0.2) is 0 Å². The molecule has 0 saturated heterocycles. The normalized spacial score (nSPS) is 10.2. The number of hydrogen-bond donors (Lipinski definition) is 1. The maximum absolute atomic E-state index is 5.74. The highest BCUT2D eigenvalue weighted by atomic mass is 32.2. The van der Waals surface area contributed by atoms with E-state index in [4.69, 9.17) is 10.5 Å². The van der Waals surface area contributed by atoms with E-state index < -0.39 is 0 Å². The fourth-order valence-electron chi connectivity index (χ4n) is 1.54. The van der Waals surface area contributed by atoms with Crippen molar-refractivity contribution >= 4 is 17.4 Å². The smallest absolute Gasteiger partial charge is 0.119 e. The number of rotatable bonds is 4. The minimum absolute atomic E-state index is 0.814. The van der Waals surface area contributed by atoms with Crippen molar-refractivity contribution in [3.63, 3.8) is 0 Å². The van der Waals surface area contributed by atoms with Gasteiger partial charge in [-0.3, -0.25) is 0 Å². The number of nitrogen functional groups attached to an aromatic ring is 1.